The Bertz CT molecular complexity index is 1040. The van der Waals surface area contributed by atoms with Gasteiger partial charge >= 0.3 is 0 Å². The van der Waals surface area contributed by atoms with Crippen molar-refractivity contribution >= 4 is 49.9 Å². The number of aryl methyl sites for hydroxylation is 1. The Morgan fingerprint density at radius 1 is 1.16 bits per heavy atom. The minimum atomic E-state index is -0.0369. The number of amides is 1. The van der Waals surface area contributed by atoms with Crippen molar-refractivity contribution in [3.05, 3.63) is 52.5 Å². The van der Waals surface area contributed by atoms with Gasteiger partial charge in [0, 0.05) is 51.5 Å². The third-order valence-corrected chi connectivity index (χ3v) is 7.29. The van der Waals surface area contributed by atoms with Crippen molar-refractivity contribution in [3.63, 3.8) is 0 Å². The Kier molecular flexibility index (Phi) is 7.30. The maximum atomic E-state index is 13.6. The van der Waals surface area contributed by atoms with E-state index in [2.05, 4.69) is 4.90 Å². The molecule has 0 saturated carbocycles. The van der Waals surface area contributed by atoms with Crippen molar-refractivity contribution in [1.29, 1.82) is 0 Å². The summed E-state index contributed by atoms with van der Waals surface area (Å²) in [4.78, 5) is 24.6. The van der Waals surface area contributed by atoms with E-state index in [1.54, 1.807) is 0 Å². The molecule has 1 amide bonds. The van der Waals surface area contributed by atoms with Gasteiger partial charge < -0.3 is 9.64 Å². The van der Waals surface area contributed by atoms with Crippen molar-refractivity contribution in [3.8, 4) is 0 Å². The number of nitrogens with zero attached hydrogens (tertiary/aromatic N) is 4. The smallest absolute Gasteiger partial charge is 0.260 e. The van der Waals surface area contributed by atoms with E-state index in [9.17, 15) is 4.79 Å². The fourth-order valence-corrected chi connectivity index (χ4v) is 5.17. The molecule has 1 saturated heterocycles. The van der Waals surface area contributed by atoms with Crippen LogP contribution in [0, 0.1) is 6.92 Å². The van der Waals surface area contributed by atoms with Crippen LogP contribution in [0.4, 0.5) is 10.8 Å². The van der Waals surface area contributed by atoms with E-state index < -0.39 is 0 Å². The summed E-state index contributed by atoms with van der Waals surface area (Å²) in [6.07, 6.45) is 0.865. The molecule has 1 aliphatic rings. The highest BCUT2D eigenvalue weighted by Gasteiger charge is 2.23. The first-order valence-corrected chi connectivity index (χ1v) is 12.1. The van der Waals surface area contributed by atoms with Crippen LogP contribution in [-0.4, -0.2) is 69.3 Å². The van der Waals surface area contributed by atoms with Crippen LogP contribution in [0.1, 0.15) is 22.3 Å². The van der Waals surface area contributed by atoms with Crippen LogP contribution in [0.3, 0.4) is 0 Å². The van der Waals surface area contributed by atoms with Crippen LogP contribution in [-0.2, 0) is 4.74 Å². The number of halogens is 1. The maximum Gasteiger partial charge on any atom is 0.260 e. The summed E-state index contributed by atoms with van der Waals surface area (Å²) in [6.45, 7) is 6.98. The number of thiazole rings is 1. The van der Waals surface area contributed by atoms with Crippen molar-refractivity contribution < 1.29 is 9.53 Å². The Balaban J connectivity index is 1.60. The highest BCUT2D eigenvalue weighted by molar-refractivity contribution is 7.23. The van der Waals surface area contributed by atoms with Gasteiger partial charge in [0.15, 0.2) is 5.13 Å². The highest BCUT2D eigenvalue weighted by Crippen LogP contribution is 2.36. The normalized spacial score (nSPS) is 14.6. The SMILES string of the molecule is Cc1ccc(Cl)c2sc(N(CCCN3CCOCC3)C(=O)c3ccc(N(C)C)cc3)nc12. The molecule has 0 unspecified atom stereocenters. The van der Waals surface area contributed by atoms with Crippen LogP contribution in [0.25, 0.3) is 10.2 Å². The van der Waals surface area contributed by atoms with Crippen LogP contribution >= 0.6 is 22.9 Å². The molecular formula is C24H29ClN4O2S. The van der Waals surface area contributed by atoms with Gasteiger partial charge in [-0.1, -0.05) is 29.0 Å². The van der Waals surface area contributed by atoms with Crippen molar-refractivity contribution in [1.82, 2.24) is 9.88 Å². The number of ether oxygens (including phenoxy) is 1. The fourth-order valence-electron chi connectivity index (χ4n) is 3.83. The third kappa shape index (κ3) is 5.07. The lowest BCUT2D eigenvalue weighted by molar-refractivity contribution is 0.0376. The molecule has 3 aromatic rings. The lowest BCUT2D eigenvalue weighted by Crippen LogP contribution is -2.39. The third-order valence-electron chi connectivity index (χ3n) is 5.75. The van der Waals surface area contributed by atoms with E-state index in [0.717, 1.165) is 60.7 Å². The zero-order valence-electron chi connectivity index (χ0n) is 18.8. The Hall–Kier alpha value is -2.19. The van der Waals surface area contributed by atoms with E-state index in [-0.39, 0.29) is 5.91 Å². The van der Waals surface area contributed by atoms with Gasteiger partial charge in [-0.25, -0.2) is 4.98 Å². The van der Waals surface area contributed by atoms with Crippen LogP contribution < -0.4 is 9.80 Å². The summed E-state index contributed by atoms with van der Waals surface area (Å²) in [5.74, 6) is -0.0369. The summed E-state index contributed by atoms with van der Waals surface area (Å²) in [6, 6.07) is 11.6. The number of morpholine rings is 1. The quantitative estimate of drug-likeness (QED) is 0.499. The predicted octanol–water partition coefficient (Wildman–Crippen LogP) is 4.69. The summed E-state index contributed by atoms with van der Waals surface area (Å²) < 4.78 is 6.37. The van der Waals surface area contributed by atoms with Crippen molar-refractivity contribution in [2.75, 3.05) is 63.3 Å². The molecule has 1 aliphatic heterocycles. The molecule has 0 atom stereocenters. The van der Waals surface area contributed by atoms with E-state index >= 15 is 0 Å². The van der Waals surface area contributed by atoms with Gasteiger partial charge in [0.1, 0.15) is 0 Å². The average molecular weight is 473 g/mol. The number of fused-ring (bicyclic) bond motifs is 1. The molecule has 2 heterocycles. The molecule has 2 aromatic carbocycles. The second-order valence-corrected chi connectivity index (χ2v) is 9.63. The van der Waals surface area contributed by atoms with Crippen molar-refractivity contribution in [2.45, 2.75) is 13.3 Å². The van der Waals surface area contributed by atoms with Crippen molar-refractivity contribution in [2.24, 2.45) is 0 Å². The summed E-state index contributed by atoms with van der Waals surface area (Å²) >= 11 is 7.92. The molecule has 8 heteroatoms. The molecule has 0 N–H and O–H groups in total. The van der Waals surface area contributed by atoms with Gasteiger partial charge in [0.2, 0.25) is 0 Å². The number of anilines is 2. The molecule has 0 bridgehead atoms. The van der Waals surface area contributed by atoms with Crippen LogP contribution in [0.2, 0.25) is 5.02 Å². The summed E-state index contributed by atoms with van der Waals surface area (Å²) in [5, 5.41) is 1.37. The molecule has 32 heavy (non-hydrogen) atoms. The zero-order chi connectivity index (χ0) is 22.7. The van der Waals surface area contributed by atoms with Gasteiger partial charge in [-0.2, -0.15) is 0 Å². The van der Waals surface area contributed by atoms with E-state index in [0.29, 0.717) is 22.3 Å². The lowest BCUT2D eigenvalue weighted by atomic mass is 10.1. The number of hydrogen-bond acceptors (Lipinski definition) is 6. The second kappa shape index (κ2) is 10.2. The van der Waals surface area contributed by atoms with Gasteiger partial charge in [0.25, 0.3) is 5.91 Å². The summed E-state index contributed by atoms with van der Waals surface area (Å²) in [7, 11) is 3.98. The molecule has 0 spiro atoms. The average Bonchev–Trinajstić information content (AvgIpc) is 3.26. The first-order chi connectivity index (χ1) is 15.4. The first kappa shape index (κ1) is 23.0. The molecule has 0 radical (unpaired) electrons. The molecule has 0 aliphatic carbocycles. The minimum absolute atomic E-state index is 0.0369. The van der Waals surface area contributed by atoms with E-state index in [1.807, 2.05) is 67.2 Å². The molecule has 6 nitrogen and oxygen atoms in total. The molecular weight excluding hydrogens is 444 g/mol. The largest absolute Gasteiger partial charge is 0.379 e. The number of rotatable bonds is 7. The monoisotopic (exact) mass is 472 g/mol. The summed E-state index contributed by atoms with van der Waals surface area (Å²) in [5.41, 5.74) is 3.64. The Morgan fingerprint density at radius 3 is 2.53 bits per heavy atom. The number of aromatic nitrogens is 1. The number of carbonyl (C=O) groups is 1. The fraction of sp³-hybridized carbons (Fsp3) is 0.417. The molecule has 4 rings (SSSR count). The van der Waals surface area contributed by atoms with E-state index in [1.165, 1.54) is 11.3 Å². The molecule has 170 valence electrons. The second-order valence-electron chi connectivity index (χ2n) is 8.24. The number of hydrogen-bond donors (Lipinski definition) is 0. The number of benzene rings is 2. The van der Waals surface area contributed by atoms with E-state index in [4.69, 9.17) is 21.3 Å². The molecule has 1 fully saturated rings. The van der Waals surface area contributed by atoms with Gasteiger partial charge in [-0.05, 0) is 49.2 Å². The van der Waals surface area contributed by atoms with Gasteiger partial charge in [0.05, 0.1) is 28.5 Å². The maximum absolute atomic E-state index is 13.6. The predicted molar refractivity (Wildman–Crippen MR) is 134 cm³/mol. The molecule has 1 aromatic heterocycles. The zero-order valence-corrected chi connectivity index (χ0v) is 20.4. The number of carbonyl (C=O) groups excluding carboxylic acids is 1. The standard InChI is InChI=1S/C24H29ClN4O2S/c1-17-5-10-20(25)22-21(17)26-24(32-22)29(12-4-11-28-13-15-31-16-14-28)23(30)18-6-8-19(9-7-18)27(2)3/h5-10H,4,11-16H2,1-3H3. The van der Waals surface area contributed by atoms with Gasteiger partial charge in [-0.15, -0.1) is 0 Å². The Labute approximate surface area is 198 Å². The topological polar surface area (TPSA) is 48.9 Å². The lowest BCUT2D eigenvalue weighted by Gasteiger charge is -2.27. The van der Waals surface area contributed by atoms with Gasteiger partial charge in [-0.3, -0.25) is 14.6 Å². The minimum Gasteiger partial charge on any atom is -0.379 e. The van der Waals surface area contributed by atoms with Crippen LogP contribution in [0.5, 0.6) is 0 Å². The highest BCUT2D eigenvalue weighted by atomic mass is 35.5. The Morgan fingerprint density at radius 2 is 1.88 bits per heavy atom. The van der Waals surface area contributed by atoms with Crippen LogP contribution in [0.15, 0.2) is 36.4 Å². The first-order valence-electron chi connectivity index (χ1n) is 10.9.